The van der Waals surface area contributed by atoms with E-state index in [1.54, 1.807) is 36.4 Å². The first-order chi connectivity index (χ1) is 9.54. The molecule has 0 fully saturated rings. The van der Waals surface area contributed by atoms with Crippen molar-refractivity contribution in [2.45, 2.75) is 6.92 Å². The molecule has 0 bridgehead atoms. The van der Waals surface area contributed by atoms with E-state index < -0.39 is 0 Å². The number of nitrogens with one attached hydrogen (secondary N) is 1. The van der Waals surface area contributed by atoms with Crippen LogP contribution in [0.5, 0.6) is 0 Å². The van der Waals surface area contributed by atoms with Crippen LogP contribution in [0, 0.1) is 0 Å². The van der Waals surface area contributed by atoms with Gasteiger partial charge in [-0.1, -0.05) is 11.6 Å². The number of amides is 1. The predicted octanol–water partition coefficient (Wildman–Crippen LogP) is 3.56. The SMILES string of the molecule is CC(=O)Nc1ccc2oc3ccc(Cl)cc3c(=O)c2c1. The average molecular weight is 288 g/mol. The summed E-state index contributed by atoms with van der Waals surface area (Å²) in [6.45, 7) is 1.41. The third-order valence-electron chi connectivity index (χ3n) is 2.95. The van der Waals surface area contributed by atoms with E-state index in [2.05, 4.69) is 5.32 Å². The fourth-order valence-corrected chi connectivity index (χ4v) is 2.28. The van der Waals surface area contributed by atoms with Gasteiger partial charge in [-0.15, -0.1) is 0 Å². The maximum Gasteiger partial charge on any atom is 0.221 e. The van der Waals surface area contributed by atoms with Gasteiger partial charge < -0.3 is 9.73 Å². The Balaban J connectivity index is 2.33. The topological polar surface area (TPSA) is 59.3 Å². The molecule has 0 aliphatic rings. The Labute approximate surface area is 119 Å². The van der Waals surface area contributed by atoms with Crippen LogP contribution < -0.4 is 10.7 Å². The van der Waals surface area contributed by atoms with Gasteiger partial charge in [0.05, 0.1) is 10.8 Å². The summed E-state index contributed by atoms with van der Waals surface area (Å²) in [5.41, 5.74) is 1.34. The summed E-state index contributed by atoms with van der Waals surface area (Å²) in [5.74, 6) is -0.197. The molecule has 0 spiro atoms. The number of carbonyl (C=O) groups excluding carboxylic acids is 1. The van der Waals surface area contributed by atoms with E-state index in [0.29, 0.717) is 32.6 Å². The quantitative estimate of drug-likeness (QED) is 0.696. The molecule has 1 heterocycles. The number of hydrogen-bond donors (Lipinski definition) is 1. The molecule has 0 aliphatic heterocycles. The smallest absolute Gasteiger partial charge is 0.221 e. The number of hydrogen-bond acceptors (Lipinski definition) is 3. The van der Waals surface area contributed by atoms with Crippen LogP contribution in [-0.4, -0.2) is 5.91 Å². The zero-order valence-electron chi connectivity index (χ0n) is 10.6. The summed E-state index contributed by atoms with van der Waals surface area (Å²) >= 11 is 5.90. The van der Waals surface area contributed by atoms with E-state index in [0.717, 1.165) is 0 Å². The van der Waals surface area contributed by atoms with Crippen molar-refractivity contribution in [3.05, 3.63) is 51.6 Å². The highest BCUT2D eigenvalue weighted by atomic mass is 35.5. The first kappa shape index (κ1) is 12.7. The Morgan fingerprint density at radius 2 is 1.75 bits per heavy atom. The first-order valence-corrected chi connectivity index (χ1v) is 6.36. The van der Waals surface area contributed by atoms with Gasteiger partial charge in [0.15, 0.2) is 0 Å². The second-order valence-electron chi connectivity index (χ2n) is 4.46. The molecule has 0 aliphatic carbocycles. The summed E-state index contributed by atoms with van der Waals surface area (Å²) in [7, 11) is 0. The second kappa shape index (κ2) is 4.65. The van der Waals surface area contributed by atoms with Crippen molar-refractivity contribution in [2.24, 2.45) is 0 Å². The Hall–Kier alpha value is -2.33. The molecule has 0 atom stereocenters. The molecule has 0 radical (unpaired) electrons. The summed E-state index contributed by atoms with van der Waals surface area (Å²) in [5, 5.41) is 3.94. The first-order valence-electron chi connectivity index (χ1n) is 5.98. The number of anilines is 1. The predicted molar refractivity (Wildman–Crippen MR) is 79.3 cm³/mol. The van der Waals surface area contributed by atoms with Crippen LogP contribution in [0.25, 0.3) is 21.9 Å². The maximum atomic E-state index is 12.4. The van der Waals surface area contributed by atoms with E-state index in [1.807, 2.05) is 0 Å². The third-order valence-corrected chi connectivity index (χ3v) is 3.19. The Morgan fingerprint density at radius 3 is 2.45 bits per heavy atom. The Kier molecular flexibility index (Phi) is 2.95. The molecule has 3 aromatic rings. The highest BCUT2D eigenvalue weighted by Crippen LogP contribution is 2.23. The van der Waals surface area contributed by atoms with Crippen molar-refractivity contribution in [2.75, 3.05) is 5.32 Å². The molecule has 5 heteroatoms. The molecule has 20 heavy (non-hydrogen) atoms. The minimum Gasteiger partial charge on any atom is -0.456 e. The van der Waals surface area contributed by atoms with Gasteiger partial charge in [-0.25, -0.2) is 0 Å². The highest BCUT2D eigenvalue weighted by molar-refractivity contribution is 6.31. The molecule has 1 aromatic heterocycles. The molecule has 2 aromatic carbocycles. The van der Waals surface area contributed by atoms with Crippen LogP contribution in [0.4, 0.5) is 5.69 Å². The Bertz CT molecular complexity index is 899. The average Bonchev–Trinajstić information content (AvgIpc) is 2.40. The minimum atomic E-state index is -0.197. The summed E-state index contributed by atoms with van der Waals surface area (Å²) in [6, 6.07) is 9.87. The zero-order valence-corrected chi connectivity index (χ0v) is 11.3. The molecule has 4 nitrogen and oxygen atoms in total. The molecule has 0 saturated carbocycles. The molecule has 1 amide bonds. The van der Waals surface area contributed by atoms with Crippen LogP contribution in [-0.2, 0) is 4.79 Å². The van der Waals surface area contributed by atoms with E-state index in [1.165, 1.54) is 6.92 Å². The van der Waals surface area contributed by atoms with E-state index in [-0.39, 0.29) is 11.3 Å². The van der Waals surface area contributed by atoms with Crippen molar-refractivity contribution in [3.63, 3.8) is 0 Å². The molecule has 3 rings (SSSR count). The second-order valence-corrected chi connectivity index (χ2v) is 4.90. The zero-order chi connectivity index (χ0) is 14.3. The molecule has 0 saturated heterocycles. The Morgan fingerprint density at radius 1 is 1.10 bits per heavy atom. The number of benzene rings is 2. The number of halogens is 1. The van der Waals surface area contributed by atoms with Crippen molar-refractivity contribution in [1.29, 1.82) is 0 Å². The fraction of sp³-hybridized carbons (Fsp3) is 0.0667. The molecule has 100 valence electrons. The lowest BCUT2D eigenvalue weighted by Gasteiger charge is -2.05. The summed E-state index contributed by atoms with van der Waals surface area (Å²) in [6.07, 6.45) is 0. The van der Waals surface area contributed by atoms with Gasteiger partial charge >= 0.3 is 0 Å². The maximum absolute atomic E-state index is 12.4. The molecular weight excluding hydrogens is 278 g/mol. The lowest BCUT2D eigenvalue weighted by molar-refractivity contribution is -0.114. The minimum absolute atomic E-state index is 0.170. The van der Waals surface area contributed by atoms with Gasteiger partial charge in [0.1, 0.15) is 11.2 Å². The van der Waals surface area contributed by atoms with Crippen molar-refractivity contribution < 1.29 is 9.21 Å². The van der Waals surface area contributed by atoms with Gasteiger partial charge in [0, 0.05) is 17.6 Å². The van der Waals surface area contributed by atoms with Crippen LogP contribution >= 0.6 is 11.6 Å². The van der Waals surface area contributed by atoms with Crippen molar-refractivity contribution in [1.82, 2.24) is 0 Å². The normalized spacial score (nSPS) is 10.9. The lowest BCUT2D eigenvalue weighted by Crippen LogP contribution is -2.07. The molecular formula is C15H10ClNO3. The van der Waals surface area contributed by atoms with Gasteiger partial charge in [-0.3, -0.25) is 9.59 Å². The van der Waals surface area contributed by atoms with Crippen LogP contribution in [0.15, 0.2) is 45.6 Å². The summed E-state index contributed by atoms with van der Waals surface area (Å²) < 4.78 is 5.67. The number of fused-ring (bicyclic) bond motifs is 2. The van der Waals surface area contributed by atoms with E-state index in [4.69, 9.17) is 16.0 Å². The number of carbonyl (C=O) groups is 1. The third kappa shape index (κ3) is 2.14. The van der Waals surface area contributed by atoms with Gasteiger partial charge in [-0.05, 0) is 36.4 Å². The van der Waals surface area contributed by atoms with Crippen LogP contribution in [0.1, 0.15) is 6.92 Å². The monoisotopic (exact) mass is 287 g/mol. The van der Waals surface area contributed by atoms with Crippen LogP contribution in [0.3, 0.4) is 0 Å². The molecule has 0 unspecified atom stereocenters. The van der Waals surface area contributed by atoms with Crippen molar-refractivity contribution in [3.8, 4) is 0 Å². The van der Waals surface area contributed by atoms with Crippen LogP contribution in [0.2, 0.25) is 5.02 Å². The lowest BCUT2D eigenvalue weighted by atomic mass is 10.1. The van der Waals surface area contributed by atoms with Gasteiger partial charge in [0.2, 0.25) is 11.3 Å². The van der Waals surface area contributed by atoms with Gasteiger partial charge in [0.25, 0.3) is 0 Å². The molecule has 1 N–H and O–H groups in total. The summed E-state index contributed by atoms with van der Waals surface area (Å²) in [4.78, 5) is 23.5. The fourth-order valence-electron chi connectivity index (χ4n) is 2.11. The van der Waals surface area contributed by atoms with Crippen molar-refractivity contribution >= 4 is 45.1 Å². The largest absolute Gasteiger partial charge is 0.456 e. The highest BCUT2D eigenvalue weighted by Gasteiger charge is 2.09. The van der Waals surface area contributed by atoms with E-state index >= 15 is 0 Å². The van der Waals surface area contributed by atoms with Gasteiger partial charge in [-0.2, -0.15) is 0 Å². The van der Waals surface area contributed by atoms with E-state index in [9.17, 15) is 9.59 Å². The number of rotatable bonds is 1. The standard InChI is InChI=1S/C15H10ClNO3/c1-8(18)17-10-3-5-14-12(7-10)15(19)11-6-9(16)2-4-13(11)20-14/h2-7H,1H3,(H,17,18).